The van der Waals surface area contributed by atoms with Gasteiger partial charge in [-0.2, -0.15) is 5.10 Å². The van der Waals surface area contributed by atoms with Crippen molar-refractivity contribution in [2.75, 3.05) is 14.2 Å². The Bertz CT molecular complexity index is 1040. The first-order valence-corrected chi connectivity index (χ1v) is 7.76. The summed E-state index contributed by atoms with van der Waals surface area (Å²) in [5.41, 5.74) is 3.23. The second-order valence-electron chi connectivity index (χ2n) is 5.37. The number of carbonyl (C=O) groups is 1. The number of fused-ring (bicyclic) bond motifs is 1. The van der Waals surface area contributed by atoms with Crippen molar-refractivity contribution in [3.05, 3.63) is 63.9 Å². The summed E-state index contributed by atoms with van der Waals surface area (Å²) in [6.07, 6.45) is 1.41. The van der Waals surface area contributed by atoms with E-state index in [1.165, 1.54) is 44.7 Å². The van der Waals surface area contributed by atoms with E-state index in [0.29, 0.717) is 28.0 Å². The zero-order chi connectivity index (χ0) is 19.4. The van der Waals surface area contributed by atoms with Gasteiger partial charge in [0.1, 0.15) is 5.58 Å². The smallest absolute Gasteiger partial charge is 0.307 e. The van der Waals surface area contributed by atoms with Gasteiger partial charge in [0.15, 0.2) is 17.3 Å². The van der Waals surface area contributed by atoms with E-state index >= 15 is 0 Å². The summed E-state index contributed by atoms with van der Waals surface area (Å²) in [7, 11) is 3.02. The van der Waals surface area contributed by atoms with Gasteiger partial charge in [0, 0.05) is 23.1 Å². The van der Waals surface area contributed by atoms with Crippen LogP contribution in [0.15, 0.2) is 52.0 Å². The Morgan fingerprint density at radius 3 is 2.74 bits per heavy atom. The summed E-state index contributed by atoms with van der Waals surface area (Å²) in [6.45, 7) is 0. The molecule has 0 saturated carbocycles. The summed E-state index contributed by atoms with van der Waals surface area (Å²) >= 11 is 0. The fourth-order valence-electron chi connectivity index (χ4n) is 2.49. The minimum absolute atomic E-state index is 0.0137. The summed E-state index contributed by atoms with van der Waals surface area (Å²) in [6, 6.07) is 10.7. The highest BCUT2D eigenvalue weighted by molar-refractivity contribution is 5.97. The van der Waals surface area contributed by atoms with E-state index in [0.717, 1.165) is 0 Å². The zero-order valence-electron chi connectivity index (χ0n) is 14.5. The molecule has 0 radical (unpaired) electrons. The number of ether oxygens (including phenoxy) is 2. The van der Waals surface area contributed by atoms with E-state index in [1.54, 1.807) is 18.2 Å². The second kappa shape index (κ2) is 7.56. The molecule has 0 aliphatic rings. The fourth-order valence-corrected chi connectivity index (χ4v) is 2.49. The quantitative estimate of drug-likeness (QED) is 0.405. The summed E-state index contributed by atoms with van der Waals surface area (Å²) in [5.74, 6) is 0.410. The van der Waals surface area contributed by atoms with E-state index in [-0.39, 0.29) is 11.4 Å². The van der Waals surface area contributed by atoms with Gasteiger partial charge in [0.2, 0.25) is 0 Å². The molecule has 3 aromatic rings. The van der Waals surface area contributed by atoms with Crippen LogP contribution in [0.25, 0.3) is 11.0 Å². The number of nitrogens with one attached hydrogen (secondary N) is 1. The van der Waals surface area contributed by atoms with Gasteiger partial charge < -0.3 is 13.9 Å². The Morgan fingerprint density at radius 1 is 1.22 bits per heavy atom. The van der Waals surface area contributed by atoms with Crippen LogP contribution in [0.3, 0.4) is 0 Å². The van der Waals surface area contributed by atoms with Crippen molar-refractivity contribution in [2.24, 2.45) is 5.10 Å². The maximum Gasteiger partial charge on any atom is 0.307 e. The third-order valence-electron chi connectivity index (χ3n) is 3.74. The Hall–Kier alpha value is -3.88. The highest BCUT2D eigenvalue weighted by Crippen LogP contribution is 2.29. The second-order valence-corrected chi connectivity index (χ2v) is 5.37. The number of hydrogen-bond acceptors (Lipinski definition) is 7. The van der Waals surface area contributed by atoms with Crippen LogP contribution < -0.4 is 14.9 Å². The Morgan fingerprint density at radius 2 is 2.04 bits per heavy atom. The van der Waals surface area contributed by atoms with Crippen molar-refractivity contribution in [3.8, 4) is 11.5 Å². The van der Waals surface area contributed by atoms with Crippen LogP contribution in [0.4, 0.5) is 5.69 Å². The lowest BCUT2D eigenvalue weighted by atomic mass is 10.2. The topological polar surface area (TPSA) is 116 Å². The minimum Gasteiger partial charge on any atom is -0.493 e. The lowest BCUT2D eigenvalue weighted by Crippen LogP contribution is -2.16. The predicted octanol–water partition coefficient (Wildman–Crippen LogP) is 3.12. The highest BCUT2D eigenvalue weighted by atomic mass is 16.6. The number of methoxy groups -OCH3 is 2. The lowest BCUT2D eigenvalue weighted by Gasteiger charge is -2.09. The molecule has 0 aliphatic carbocycles. The van der Waals surface area contributed by atoms with Crippen LogP contribution in [0.2, 0.25) is 0 Å². The molecule has 0 bridgehead atoms. The van der Waals surface area contributed by atoms with Crippen molar-refractivity contribution >= 4 is 28.8 Å². The number of rotatable bonds is 6. The van der Waals surface area contributed by atoms with Crippen LogP contribution in [0.1, 0.15) is 16.1 Å². The first-order valence-electron chi connectivity index (χ1n) is 7.76. The zero-order valence-corrected chi connectivity index (χ0v) is 14.5. The number of nitrogens with zero attached hydrogens (tertiary/aromatic N) is 2. The molecule has 3 rings (SSSR count). The molecule has 138 valence electrons. The average Bonchev–Trinajstić information content (AvgIpc) is 3.10. The van der Waals surface area contributed by atoms with E-state index in [9.17, 15) is 14.9 Å². The van der Waals surface area contributed by atoms with Crippen molar-refractivity contribution < 1.29 is 23.6 Å². The molecule has 0 spiro atoms. The van der Waals surface area contributed by atoms with Crippen LogP contribution in [-0.4, -0.2) is 31.3 Å². The molecular weight excluding hydrogens is 354 g/mol. The van der Waals surface area contributed by atoms with Crippen molar-refractivity contribution in [1.82, 2.24) is 5.43 Å². The fraction of sp³-hybridized carbons (Fsp3) is 0.111. The van der Waals surface area contributed by atoms with Crippen LogP contribution >= 0.6 is 0 Å². The van der Waals surface area contributed by atoms with Gasteiger partial charge in [-0.1, -0.05) is 6.07 Å². The van der Waals surface area contributed by atoms with Gasteiger partial charge in [-0.25, -0.2) is 5.43 Å². The van der Waals surface area contributed by atoms with Gasteiger partial charge >= 0.3 is 5.91 Å². The lowest BCUT2D eigenvalue weighted by molar-refractivity contribution is -0.384. The molecule has 2 aromatic carbocycles. The first kappa shape index (κ1) is 17.9. The number of furan rings is 1. The Kier molecular flexibility index (Phi) is 5.02. The SMILES string of the molecule is COc1cccc(/C=N\NC(=O)c2cc3cc([N+](=O)[O-])ccc3o2)c1OC. The van der Waals surface area contributed by atoms with Gasteiger partial charge in [0.25, 0.3) is 5.69 Å². The summed E-state index contributed by atoms with van der Waals surface area (Å²) in [5, 5.41) is 15.2. The summed E-state index contributed by atoms with van der Waals surface area (Å²) < 4.78 is 15.9. The van der Waals surface area contributed by atoms with Crippen LogP contribution in [0, 0.1) is 10.1 Å². The Balaban J connectivity index is 1.77. The highest BCUT2D eigenvalue weighted by Gasteiger charge is 2.15. The molecule has 1 amide bonds. The number of nitro groups is 1. The number of nitro benzene ring substituents is 1. The third-order valence-corrected chi connectivity index (χ3v) is 3.74. The molecule has 0 aliphatic heterocycles. The molecule has 0 unspecified atom stereocenters. The molecule has 9 nitrogen and oxygen atoms in total. The monoisotopic (exact) mass is 369 g/mol. The molecule has 0 fully saturated rings. The molecular formula is C18H15N3O6. The van der Waals surface area contributed by atoms with Crippen LogP contribution in [-0.2, 0) is 0 Å². The molecule has 27 heavy (non-hydrogen) atoms. The maximum absolute atomic E-state index is 12.2. The number of benzene rings is 2. The number of non-ortho nitro benzene ring substituents is 1. The largest absolute Gasteiger partial charge is 0.493 e. The number of para-hydroxylation sites is 1. The van der Waals surface area contributed by atoms with Crippen molar-refractivity contribution in [1.29, 1.82) is 0 Å². The number of hydrazone groups is 1. The first-order chi connectivity index (χ1) is 13.0. The van der Waals surface area contributed by atoms with E-state index in [2.05, 4.69) is 10.5 Å². The molecule has 1 N–H and O–H groups in total. The van der Waals surface area contributed by atoms with E-state index < -0.39 is 10.8 Å². The molecule has 9 heteroatoms. The van der Waals surface area contributed by atoms with Gasteiger partial charge in [-0.05, 0) is 24.3 Å². The van der Waals surface area contributed by atoms with Gasteiger partial charge in [-0.15, -0.1) is 0 Å². The maximum atomic E-state index is 12.2. The molecule has 1 aromatic heterocycles. The van der Waals surface area contributed by atoms with E-state index in [1.807, 2.05) is 0 Å². The molecule has 1 heterocycles. The average molecular weight is 369 g/mol. The normalized spacial score (nSPS) is 10.9. The third kappa shape index (κ3) is 3.71. The number of carbonyl (C=O) groups excluding carboxylic acids is 1. The molecule has 0 saturated heterocycles. The number of hydrogen-bond donors (Lipinski definition) is 1. The number of amides is 1. The van der Waals surface area contributed by atoms with Gasteiger partial charge in [-0.3, -0.25) is 14.9 Å². The predicted molar refractivity (Wildman–Crippen MR) is 97.5 cm³/mol. The van der Waals surface area contributed by atoms with Crippen LogP contribution in [0.5, 0.6) is 11.5 Å². The minimum atomic E-state index is -0.591. The molecule has 0 atom stereocenters. The van der Waals surface area contributed by atoms with E-state index in [4.69, 9.17) is 13.9 Å². The van der Waals surface area contributed by atoms with Gasteiger partial charge in [0.05, 0.1) is 25.4 Å². The Labute approximate surface area is 153 Å². The standard InChI is InChI=1S/C18H15N3O6/c1-25-15-5-3-4-11(17(15)26-2)10-19-20-18(22)16-9-12-8-13(21(23)24)6-7-14(12)27-16/h3-10H,1-2H3,(H,20,22)/b19-10-. The van der Waals surface area contributed by atoms with Crippen molar-refractivity contribution in [2.45, 2.75) is 0 Å². The van der Waals surface area contributed by atoms with Crippen molar-refractivity contribution in [3.63, 3.8) is 0 Å². The summed E-state index contributed by atoms with van der Waals surface area (Å²) in [4.78, 5) is 22.5.